The van der Waals surface area contributed by atoms with Crippen LogP contribution in [-0.2, 0) is 4.74 Å². The summed E-state index contributed by atoms with van der Waals surface area (Å²) in [5, 5.41) is 0. The Hall–Kier alpha value is -0.0400. The Labute approximate surface area is 170 Å². The largest absolute Gasteiger partial charge is 0.381 e. The van der Waals surface area contributed by atoms with Gasteiger partial charge in [-0.3, -0.25) is 0 Å². The first-order valence-corrected chi connectivity index (χ1v) is 12.8. The van der Waals surface area contributed by atoms with Crippen molar-refractivity contribution in [3.63, 3.8) is 0 Å². The van der Waals surface area contributed by atoms with E-state index in [4.69, 9.17) is 4.74 Å². The lowest BCUT2D eigenvalue weighted by atomic mass is 9.65. The van der Waals surface area contributed by atoms with Gasteiger partial charge in [-0.25, -0.2) is 0 Å². The molecule has 0 radical (unpaired) electrons. The number of hydrogen-bond donors (Lipinski definition) is 0. The van der Waals surface area contributed by atoms with Crippen molar-refractivity contribution in [2.45, 2.75) is 123 Å². The van der Waals surface area contributed by atoms with Crippen LogP contribution < -0.4 is 0 Å². The summed E-state index contributed by atoms with van der Waals surface area (Å²) in [6, 6.07) is 0. The topological polar surface area (TPSA) is 9.23 Å². The highest BCUT2D eigenvalue weighted by Gasteiger charge is 2.37. The molecule has 3 rings (SSSR count). The molecule has 27 heavy (non-hydrogen) atoms. The Bertz CT molecular complexity index is 405. The van der Waals surface area contributed by atoms with E-state index in [1.807, 2.05) is 7.11 Å². The Balaban J connectivity index is 1.80. The van der Waals surface area contributed by atoms with E-state index in [1.165, 1.54) is 83.5 Å². The molecule has 3 aliphatic rings. The maximum Gasteiger partial charge on any atom is 0.0602 e. The molecule has 158 valence electrons. The molecule has 1 nitrogen and oxygen atoms in total. The van der Waals surface area contributed by atoms with Crippen LogP contribution in [0, 0.1) is 35.5 Å². The minimum Gasteiger partial charge on any atom is -0.381 e. The first-order chi connectivity index (χ1) is 13.2. The maximum absolute atomic E-state index is 6.14. The van der Waals surface area contributed by atoms with Crippen molar-refractivity contribution < 1.29 is 4.74 Å². The molecule has 0 amide bonds. The van der Waals surface area contributed by atoms with Gasteiger partial charge in [0, 0.05) is 7.11 Å². The zero-order chi connectivity index (χ0) is 19.1. The van der Waals surface area contributed by atoms with Crippen LogP contribution in [0.5, 0.6) is 0 Å². The van der Waals surface area contributed by atoms with Gasteiger partial charge < -0.3 is 4.74 Å². The highest BCUT2D eigenvalue weighted by Crippen LogP contribution is 2.47. The molecule has 0 aromatic rings. The number of fused-ring (bicyclic) bond motifs is 4. The number of methoxy groups -OCH3 is 1. The lowest BCUT2D eigenvalue weighted by molar-refractivity contribution is 0.00244. The normalized spacial score (nSPS) is 41.7. The molecule has 0 aromatic carbocycles. The van der Waals surface area contributed by atoms with Crippen molar-refractivity contribution >= 4 is 0 Å². The van der Waals surface area contributed by atoms with Crippen molar-refractivity contribution in [2.75, 3.05) is 7.11 Å². The molecule has 3 aliphatic carbocycles. The van der Waals surface area contributed by atoms with E-state index in [0.29, 0.717) is 6.10 Å². The van der Waals surface area contributed by atoms with Gasteiger partial charge in [-0.15, -0.1) is 0 Å². The van der Waals surface area contributed by atoms with Gasteiger partial charge >= 0.3 is 0 Å². The smallest absolute Gasteiger partial charge is 0.0602 e. The summed E-state index contributed by atoms with van der Waals surface area (Å²) in [5.74, 6) is 5.77. The minimum absolute atomic E-state index is 0.509. The van der Waals surface area contributed by atoms with Crippen LogP contribution >= 0.6 is 0 Å². The number of ether oxygens (including phenoxy) is 1. The Morgan fingerprint density at radius 2 is 1.48 bits per heavy atom. The first kappa shape index (κ1) is 21.7. The average Bonchev–Trinajstić information content (AvgIpc) is 2.91. The lowest BCUT2D eigenvalue weighted by Crippen LogP contribution is -2.34. The van der Waals surface area contributed by atoms with Gasteiger partial charge in [0.15, 0.2) is 0 Å². The highest BCUT2D eigenvalue weighted by molar-refractivity contribution is 4.88. The molecule has 0 spiro atoms. The third-order valence-electron chi connectivity index (χ3n) is 8.82. The summed E-state index contributed by atoms with van der Waals surface area (Å²) in [5.41, 5.74) is 0. The number of rotatable bonds is 4. The van der Waals surface area contributed by atoms with Crippen LogP contribution in [0.3, 0.4) is 0 Å². The highest BCUT2D eigenvalue weighted by atomic mass is 16.5. The third kappa shape index (κ3) is 5.97. The summed E-state index contributed by atoms with van der Waals surface area (Å²) < 4.78 is 6.14. The summed E-state index contributed by atoms with van der Waals surface area (Å²) >= 11 is 0. The van der Waals surface area contributed by atoms with E-state index < -0.39 is 0 Å². The molecule has 0 aromatic heterocycles. The van der Waals surface area contributed by atoms with E-state index >= 15 is 0 Å². The quantitative estimate of drug-likeness (QED) is 0.482. The van der Waals surface area contributed by atoms with Gasteiger partial charge in [0.2, 0.25) is 0 Å². The van der Waals surface area contributed by atoms with Crippen LogP contribution in [-0.4, -0.2) is 13.2 Å². The lowest BCUT2D eigenvalue weighted by Gasteiger charge is -2.41. The molecule has 1 heteroatoms. The minimum atomic E-state index is 0.509. The van der Waals surface area contributed by atoms with Crippen molar-refractivity contribution in [1.82, 2.24) is 0 Å². The third-order valence-corrected chi connectivity index (χ3v) is 8.82. The SMILES string of the molecule is CCCCC1C(C)CC2CCCCCC2C2CCCC(CCCC1OC)C2. The van der Waals surface area contributed by atoms with Gasteiger partial charge in [0.1, 0.15) is 0 Å². The molecule has 0 heterocycles. The second-order valence-corrected chi connectivity index (χ2v) is 10.6. The van der Waals surface area contributed by atoms with E-state index in [0.717, 1.165) is 35.5 Å². The van der Waals surface area contributed by atoms with Crippen LogP contribution in [0.15, 0.2) is 0 Å². The molecule has 7 atom stereocenters. The average molecular weight is 377 g/mol. The van der Waals surface area contributed by atoms with Gasteiger partial charge in [-0.05, 0) is 67.6 Å². The predicted molar refractivity (Wildman–Crippen MR) is 117 cm³/mol. The maximum atomic E-state index is 6.14. The van der Waals surface area contributed by atoms with Crippen molar-refractivity contribution in [2.24, 2.45) is 35.5 Å². The van der Waals surface area contributed by atoms with E-state index in [1.54, 1.807) is 19.3 Å². The van der Waals surface area contributed by atoms with Crippen molar-refractivity contribution in [3.8, 4) is 0 Å². The van der Waals surface area contributed by atoms with Gasteiger partial charge in [-0.1, -0.05) is 84.5 Å². The fraction of sp³-hybridized carbons (Fsp3) is 1.00. The fourth-order valence-corrected chi connectivity index (χ4v) is 7.35. The molecular weight excluding hydrogens is 328 g/mol. The summed E-state index contributed by atoms with van der Waals surface area (Å²) in [7, 11) is 1.99. The van der Waals surface area contributed by atoms with E-state index in [-0.39, 0.29) is 0 Å². The van der Waals surface area contributed by atoms with Crippen LogP contribution in [0.25, 0.3) is 0 Å². The first-order valence-electron chi connectivity index (χ1n) is 12.8. The molecule has 0 N–H and O–H groups in total. The predicted octanol–water partition coefficient (Wildman–Crippen LogP) is 8.02. The molecular formula is C26H48O. The molecule has 2 bridgehead atoms. The monoisotopic (exact) mass is 376 g/mol. The molecule has 0 aliphatic heterocycles. The van der Waals surface area contributed by atoms with Crippen LogP contribution in [0.1, 0.15) is 117 Å². The van der Waals surface area contributed by atoms with Gasteiger partial charge in [0.05, 0.1) is 6.10 Å². The second kappa shape index (κ2) is 11.2. The Morgan fingerprint density at radius 1 is 0.778 bits per heavy atom. The Kier molecular flexibility index (Phi) is 9.01. The summed E-state index contributed by atoms with van der Waals surface area (Å²) in [6.07, 6.45) is 24.0. The number of hydrogen-bond acceptors (Lipinski definition) is 1. The Morgan fingerprint density at radius 3 is 2.26 bits per heavy atom. The fourth-order valence-electron chi connectivity index (χ4n) is 7.35. The molecule has 7 unspecified atom stereocenters. The zero-order valence-electron chi connectivity index (χ0n) is 18.8. The van der Waals surface area contributed by atoms with Crippen molar-refractivity contribution in [3.05, 3.63) is 0 Å². The second-order valence-electron chi connectivity index (χ2n) is 10.6. The van der Waals surface area contributed by atoms with Gasteiger partial charge in [-0.2, -0.15) is 0 Å². The molecule has 3 fully saturated rings. The number of unbranched alkanes of at least 4 members (excludes halogenated alkanes) is 1. The standard InChI is InChI=1S/C26H48O/c1-4-5-15-24-20(2)18-22-13-7-6-8-16-25(22)23-14-9-11-21(19-23)12-10-17-26(24)27-3/h20-26H,4-19H2,1-3H3. The van der Waals surface area contributed by atoms with Crippen LogP contribution in [0.4, 0.5) is 0 Å². The zero-order valence-corrected chi connectivity index (χ0v) is 18.8. The van der Waals surface area contributed by atoms with E-state index in [9.17, 15) is 0 Å². The van der Waals surface area contributed by atoms with Crippen LogP contribution in [0.2, 0.25) is 0 Å². The summed E-state index contributed by atoms with van der Waals surface area (Å²) in [6.45, 7) is 4.94. The van der Waals surface area contributed by atoms with E-state index in [2.05, 4.69) is 13.8 Å². The van der Waals surface area contributed by atoms with Crippen molar-refractivity contribution in [1.29, 1.82) is 0 Å². The van der Waals surface area contributed by atoms with Gasteiger partial charge in [0.25, 0.3) is 0 Å². The molecule has 0 saturated heterocycles. The molecule has 3 saturated carbocycles. The summed E-state index contributed by atoms with van der Waals surface area (Å²) in [4.78, 5) is 0.